The van der Waals surface area contributed by atoms with Crippen molar-refractivity contribution in [3.05, 3.63) is 52.4 Å². The number of benzene rings is 1. The smallest absolute Gasteiger partial charge is 0.417 e. The first kappa shape index (κ1) is 31.4. The quantitative estimate of drug-likeness (QED) is 0.186. The van der Waals surface area contributed by atoms with Crippen LogP contribution < -0.4 is 25.8 Å². The molecule has 0 spiro atoms. The third-order valence-corrected chi connectivity index (χ3v) is 9.70. The number of hydrogen-bond donors (Lipinski definition) is 2. The van der Waals surface area contributed by atoms with Crippen molar-refractivity contribution in [1.29, 1.82) is 0 Å². The largest absolute Gasteiger partial charge is 0.475 e. The van der Waals surface area contributed by atoms with Crippen molar-refractivity contribution in [2.45, 2.75) is 50.1 Å². The normalized spacial score (nSPS) is 21.9. The Bertz CT molecular complexity index is 1880. The molecular formula is C31H30ClF5N8O2. The number of fused-ring (bicyclic) bond motifs is 1. The molecule has 3 aromatic heterocycles. The van der Waals surface area contributed by atoms with Crippen LogP contribution in [0.1, 0.15) is 43.4 Å². The van der Waals surface area contributed by atoms with Gasteiger partial charge in [0.05, 0.1) is 34.4 Å². The second kappa shape index (κ2) is 11.5. The van der Waals surface area contributed by atoms with Crippen LogP contribution in [-0.2, 0) is 6.18 Å². The molecule has 3 aliphatic heterocycles. The lowest BCUT2D eigenvalue weighted by Crippen LogP contribution is -2.43. The molecule has 6 heterocycles. The number of nitrogens with two attached hydrogens (primary N) is 2. The van der Waals surface area contributed by atoms with Crippen molar-refractivity contribution in [3.63, 3.8) is 0 Å². The van der Waals surface area contributed by atoms with Gasteiger partial charge in [0.2, 0.25) is 5.88 Å². The fourth-order valence-electron chi connectivity index (χ4n) is 7.03. The Morgan fingerprint density at radius 3 is 2.74 bits per heavy atom. The fraction of sp³-hybridized carbons (Fsp3) is 0.419. The molecular weight excluding hydrogens is 647 g/mol. The highest BCUT2D eigenvalue weighted by atomic mass is 35.5. The number of hydrogen-bond acceptors (Lipinski definition) is 10. The summed E-state index contributed by atoms with van der Waals surface area (Å²) in [5, 5.41) is -0.508. The van der Waals surface area contributed by atoms with Gasteiger partial charge in [0, 0.05) is 30.3 Å². The Labute approximate surface area is 270 Å². The van der Waals surface area contributed by atoms with Gasteiger partial charge in [-0.05, 0) is 44.5 Å². The average Bonchev–Trinajstić information content (AvgIpc) is 3.48. The number of ether oxygens (including phenoxy) is 2. The van der Waals surface area contributed by atoms with Crippen LogP contribution >= 0.6 is 11.6 Å². The summed E-state index contributed by atoms with van der Waals surface area (Å²) in [4.78, 5) is 21.3. The van der Waals surface area contributed by atoms with E-state index in [-0.39, 0.29) is 67.3 Å². The van der Waals surface area contributed by atoms with E-state index in [0.29, 0.717) is 18.1 Å². The Morgan fingerprint density at radius 2 is 1.98 bits per heavy atom. The van der Waals surface area contributed by atoms with E-state index in [0.717, 1.165) is 19.0 Å². The number of halogens is 6. The van der Waals surface area contributed by atoms with Gasteiger partial charge in [0.1, 0.15) is 47.6 Å². The lowest BCUT2D eigenvalue weighted by atomic mass is 9.95. The Morgan fingerprint density at radius 1 is 1.17 bits per heavy atom. The molecule has 248 valence electrons. The molecule has 0 aliphatic carbocycles. The van der Waals surface area contributed by atoms with Gasteiger partial charge in [-0.25, -0.2) is 18.7 Å². The van der Waals surface area contributed by atoms with E-state index in [1.54, 1.807) is 23.2 Å². The van der Waals surface area contributed by atoms with E-state index in [2.05, 4.69) is 19.9 Å². The molecule has 16 heteroatoms. The molecule has 0 unspecified atom stereocenters. The Balaban J connectivity index is 1.43. The van der Waals surface area contributed by atoms with Gasteiger partial charge in [-0.1, -0.05) is 17.7 Å². The fourth-order valence-corrected chi connectivity index (χ4v) is 7.28. The van der Waals surface area contributed by atoms with Crippen LogP contribution in [0.25, 0.3) is 22.2 Å². The number of nitrogens with zero attached hydrogens (tertiary/aromatic N) is 6. The highest BCUT2D eigenvalue weighted by Gasteiger charge is 2.49. The molecule has 1 aromatic carbocycles. The van der Waals surface area contributed by atoms with Gasteiger partial charge < -0.3 is 25.8 Å². The summed E-state index contributed by atoms with van der Waals surface area (Å²) in [5.74, 6) is -0.976. The van der Waals surface area contributed by atoms with E-state index in [4.69, 9.17) is 32.5 Å². The van der Waals surface area contributed by atoms with Crippen molar-refractivity contribution in [2.24, 2.45) is 0 Å². The molecule has 2 saturated heterocycles. The maximum atomic E-state index is 16.8. The molecule has 7 rings (SSSR count). The van der Waals surface area contributed by atoms with Crippen LogP contribution in [0.5, 0.6) is 11.9 Å². The van der Waals surface area contributed by atoms with E-state index in [1.807, 2.05) is 11.8 Å². The minimum absolute atomic E-state index is 0.00300. The zero-order valence-electron chi connectivity index (χ0n) is 25.1. The summed E-state index contributed by atoms with van der Waals surface area (Å²) in [5.41, 5.74) is 8.82. The molecule has 0 bridgehead atoms. The number of aromatic nitrogens is 4. The van der Waals surface area contributed by atoms with Crippen molar-refractivity contribution in [1.82, 2.24) is 24.8 Å². The minimum atomic E-state index is -4.92. The maximum absolute atomic E-state index is 16.8. The molecule has 0 radical (unpaired) electrons. The first-order valence-electron chi connectivity index (χ1n) is 15.1. The van der Waals surface area contributed by atoms with E-state index < -0.39 is 57.1 Å². The van der Waals surface area contributed by atoms with Gasteiger partial charge in [-0.2, -0.15) is 23.1 Å². The highest BCUT2D eigenvalue weighted by Crippen LogP contribution is 2.48. The minimum Gasteiger partial charge on any atom is -0.475 e. The lowest BCUT2D eigenvalue weighted by Gasteiger charge is -2.32. The molecule has 10 nitrogen and oxygen atoms in total. The van der Waals surface area contributed by atoms with Gasteiger partial charge in [-0.3, -0.25) is 4.90 Å². The predicted octanol–water partition coefficient (Wildman–Crippen LogP) is 5.98. The molecule has 4 aromatic rings. The first-order chi connectivity index (χ1) is 22.4. The first-order valence-corrected chi connectivity index (χ1v) is 15.4. The van der Waals surface area contributed by atoms with E-state index >= 15 is 4.39 Å². The molecule has 47 heavy (non-hydrogen) atoms. The number of nitrogen functional groups attached to an aromatic ring is 2. The summed E-state index contributed by atoms with van der Waals surface area (Å²) in [6.45, 7) is 3.09. The Kier molecular flexibility index (Phi) is 7.66. The molecule has 0 amide bonds. The van der Waals surface area contributed by atoms with Gasteiger partial charge >= 0.3 is 12.2 Å². The van der Waals surface area contributed by atoms with Crippen molar-refractivity contribution in [2.75, 3.05) is 49.2 Å². The molecule has 4 N–H and O–H groups in total. The molecule has 2 fully saturated rings. The SMILES string of the molecule is C[C@H](c1cccnc1N)N1CCOc2nc(-c3c(C(F)(F)F)ccc(N)c3Cl)c(F)c3nc(OC[C@@]45CCCN4C[C@H](F)C5)nc1c23. The number of pyridine rings is 2. The van der Waals surface area contributed by atoms with E-state index in [9.17, 15) is 17.6 Å². The molecule has 0 saturated carbocycles. The predicted molar refractivity (Wildman–Crippen MR) is 166 cm³/mol. The zero-order valence-corrected chi connectivity index (χ0v) is 25.9. The monoisotopic (exact) mass is 676 g/mol. The van der Waals surface area contributed by atoms with Gasteiger partial charge in [0.15, 0.2) is 5.82 Å². The van der Waals surface area contributed by atoms with Gasteiger partial charge in [-0.15, -0.1) is 0 Å². The zero-order chi connectivity index (χ0) is 33.2. The second-order valence-electron chi connectivity index (χ2n) is 12.1. The highest BCUT2D eigenvalue weighted by molar-refractivity contribution is 6.36. The third kappa shape index (κ3) is 5.29. The summed E-state index contributed by atoms with van der Waals surface area (Å²) < 4.78 is 86.0. The van der Waals surface area contributed by atoms with Crippen LogP contribution in [0.3, 0.4) is 0 Å². The lowest BCUT2D eigenvalue weighted by molar-refractivity contribution is -0.137. The van der Waals surface area contributed by atoms with Crippen LogP contribution in [0.15, 0.2) is 30.5 Å². The van der Waals surface area contributed by atoms with Crippen molar-refractivity contribution < 1.29 is 31.4 Å². The number of rotatable bonds is 6. The summed E-state index contributed by atoms with van der Waals surface area (Å²) in [7, 11) is 0. The van der Waals surface area contributed by atoms with Crippen LogP contribution in [0, 0.1) is 5.82 Å². The summed E-state index contributed by atoms with van der Waals surface area (Å²) in [6, 6.07) is 4.51. The summed E-state index contributed by atoms with van der Waals surface area (Å²) in [6.07, 6.45) is -2.55. The number of alkyl halides is 4. The van der Waals surface area contributed by atoms with Crippen molar-refractivity contribution in [3.8, 4) is 23.1 Å². The molecule has 3 atom stereocenters. The van der Waals surface area contributed by atoms with Crippen LogP contribution in [0.2, 0.25) is 5.02 Å². The van der Waals surface area contributed by atoms with Crippen LogP contribution in [0.4, 0.5) is 39.3 Å². The van der Waals surface area contributed by atoms with Crippen LogP contribution in [-0.4, -0.2) is 69.4 Å². The van der Waals surface area contributed by atoms with Gasteiger partial charge in [0.25, 0.3) is 0 Å². The topological polar surface area (TPSA) is 129 Å². The Hall–Kier alpha value is -4.24. The van der Waals surface area contributed by atoms with Crippen molar-refractivity contribution >= 4 is 39.8 Å². The van der Waals surface area contributed by atoms with E-state index in [1.165, 1.54) is 0 Å². The standard InChI is InChI=1S/C31H30ClF5N8O2/c1-15(17-4-2-8-40-26(17)39)45-10-11-46-28-21-25(23(34)24(41-28)20-18(31(35,36)37)5-6-19(38)22(20)32)42-29(43-27(21)45)47-14-30-7-3-9-44(30)13-16(33)12-30/h2,4-6,8,15-16H,3,7,9-14,38H2,1H3,(H2,39,40)/t15-,16-,30+/m1/s1. The third-order valence-electron chi connectivity index (χ3n) is 9.29. The second-order valence-corrected chi connectivity index (χ2v) is 12.5. The maximum Gasteiger partial charge on any atom is 0.417 e. The summed E-state index contributed by atoms with van der Waals surface area (Å²) >= 11 is 6.31. The average molecular weight is 677 g/mol. The molecule has 3 aliphatic rings. The number of anilines is 3.